The SMILES string of the molecule is Cc1ccc(-c2cc(-c3ccc(Cl)cc3)c(C#N)c(SCC(=O)Nc3ccccc3C(F)(F)F)n2)cc1. The Morgan fingerprint density at radius 2 is 1.68 bits per heavy atom. The Morgan fingerprint density at radius 3 is 2.32 bits per heavy atom. The molecule has 0 bridgehead atoms. The van der Waals surface area contributed by atoms with Crippen LogP contribution in [0.15, 0.2) is 83.9 Å². The highest BCUT2D eigenvalue weighted by Gasteiger charge is 2.33. The number of nitrogens with one attached hydrogen (secondary N) is 1. The second kappa shape index (κ2) is 11.1. The number of alkyl halides is 3. The van der Waals surface area contributed by atoms with Gasteiger partial charge in [-0.3, -0.25) is 4.79 Å². The summed E-state index contributed by atoms with van der Waals surface area (Å²) >= 11 is 7.02. The maximum Gasteiger partial charge on any atom is 0.418 e. The number of carbonyl (C=O) groups is 1. The van der Waals surface area contributed by atoms with Gasteiger partial charge >= 0.3 is 6.18 Å². The Labute approximate surface area is 221 Å². The summed E-state index contributed by atoms with van der Waals surface area (Å²) in [7, 11) is 0. The number of nitriles is 1. The summed E-state index contributed by atoms with van der Waals surface area (Å²) in [6, 6.07) is 23.4. The molecule has 186 valence electrons. The zero-order valence-corrected chi connectivity index (χ0v) is 21.0. The Kier molecular flexibility index (Phi) is 7.86. The van der Waals surface area contributed by atoms with Gasteiger partial charge < -0.3 is 5.32 Å². The summed E-state index contributed by atoms with van der Waals surface area (Å²) < 4.78 is 39.9. The van der Waals surface area contributed by atoms with Crippen LogP contribution in [0.5, 0.6) is 0 Å². The Morgan fingerprint density at radius 1 is 1.03 bits per heavy atom. The summed E-state index contributed by atoms with van der Waals surface area (Å²) in [5.74, 6) is -0.896. The Hall–Kier alpha value is -3.80. The molecule has 0 radical (unpaired) electrons. The van der Waals surface area contributed by atoms with Crippen molar-refractivity contribution in [1.82, 2.24) is 4.98 Å². The first-order valence-corrected chi connectivity index (χ1v) is 12.4. The zero-order valence-electron chi connectivity index (χ0n) is 19.4. The number of aromatic nitrogens is 1. The van der Waals surface area contributed by atoms with Crippen LogP contribution in [0.1, 0.15) is 16.7 Å². The molecule has 1 amide bonds. The minimum absolute atomic E-state index is 0.245. The first-order valence-electron chi connectivity index (χ1n) is 11.0. The lowest BCUT2D eigenvalue weighted by Gasteiger charge is -2.14. The third-order valence-corrected chi connectivity index (χ3v) is 6.67. The average molecular weight is 538 g/mol. The molecule has 3 aromatic carbocycles. The van der Waals surface area contributed by atoms with E-state index in [1.807, 2.05) is 31.2 Å². The third kappa shape index (κ3) is 6.31. The highest BCUT2D eigenvalue weighted by molar-refractivity contribution is 8.00. The predicted octanol–water partition coefficient (Wildman–Crippen LogP) is 8.00. The summed E-state index contributed by atoms with van der Waals surface area (Å²) in [5, 5.41) is 13.1. The fraction of sp³-hybridized carbons (Fsp3) is 0.107. The monoisotopic (exact) mass is 537 g/mol. The standard InChI is InChI=1S/C28H19ClF3N3OS/c1-17-6-8-19(9-7-17)25-14-21(18-10-12-20(29)13-11-18)22(15-33)27(35-25)37-16-26(36)34-24-5-3-2-4-23(24)28(30,31)32/h2-14H,16H2,1H3,(H,34,36). The Balaban J connectivity index is 1.68. The van der Waals surface area contributed by atoms with Crippen molar-refractivity contribution >= 4 is 35.0 Å². The molecule has 0 atom stereocenters. The van der Waals surface area contributed by atoms with E-state index in [0.717, 1.165) is 34.5 Å². The first-order chi connectivity index (χ1) is 17.7. The van der Waals surface area contributed by atoms with E-state index in [-0.39, 0.29) is 17.0 Å². The number of aryl methyl sites for hydroxylation is 1. The largest absolute Gasteiger partial charge is 0.418 e. The van der Waals surface area contributed by atoms with E-state index in [0.29, 0.717) is 21.3 Å². The van der Waals surface area contributed by atoms with Gasteiger partial charge in [0.25, 0.3) is 0 Å². The molecule has 0 aliphatic carbocycles. The third-order valence-electron chi connectivity index (χ3n) is 5.45. The quantitative estimate of drug-likeness (QED) is 0.253. The number of benzene rings is 3. The normalized spacial score (nSPS) is 11.1. The molecule has 37 heavy (non-hydrogen) atoms. The number of thioether (sulfide) groups is 1. The summed E-state index contributed by atoms with van der Waals surface area (Å²) in [6.07, 6.45) is -4.61. The highest BCUT2D eigenvalue weighted by atomic mass is 35.5. The minimum atomic E-state index is -4.61. The maximum absolute atomic E-state index is 13.3. The molecule has 0 fully saturated rings. The number of carbonyl (C=O) groups excluding carboxylic acids is 1. The molecule has 0 aliphatic heterocycles. The van der Waals surface area contributed by atoms with Gasteiger partial charge in [0.15, 0.2) is 0 Å². The van der Waals surface area contributed by atoms with Crippen LogP contribution < -0.4 is 5.32 Å². The summed E-state index contributed by atoms with van der Waals surface area (Å²) in [5.41, 5.74) is 2.81. The van der Waals surface area contributed by atoms with E-state index in [1.165, 1.54) is 18.2 Å². The van der Waals surface area contributed by atoms with Gasteiger partial charge in [-0.05, 0) is 42.8 Å². The molecule has 1 N–H and O–H groups in total. The van der Waals surface area contributed by atoms with Crippen molar-refractivity contribution in [2.45, 2.75) is 18.1 Å². The second-order valence-electron chi connectivity index (χ2n) is 8.10. The fourth-order valence-electron chi connectivity index (χ4n) is 3.62. The summed E-state index contributed by atoms with van der Waals surface area (Å²) in [6.45, 7) is 1.96. The maximum atomic E-state index is 13.3. The number of nitrogens with zero attached hydrogens (tertiary/aromatic N) is 2. The van der Waals surface area contributed by atoms with Gasteiger partial charge in [0.05, 0.1) is 28.3 Å². The Bertz CT molecular complexity index is 1480. The van der Waals surface area contributed by atoms with E-state index in [1.54, 1.807) is 30.3 Å². The molecule has 0 aliphatic rings. The van der Waals surface area contributed by atoms with Crippen LogP contribution in [-0.2, 0) is 11.0 Å². The lowest BCUT2D eigenvalue weighted by molar-refractivity contribution is -0.137. The molecule has 0 spiro atoms. The van der Waals surface area contributed by atoms with Crippen LogP contribution in [0.25, 0.3) is 22.4 Å². The lowest BCUT2D eigenvalue weighted by Crippen LogP contribution is -2.18. The van der Waals surface area contributed by atoms with Crippen molar-refractivity contribution in [1.29, 1.82) is 5.26 Å². The van der Waals surface area contributed by atoms with Crippen LogP contribution in [0, 0.1) is 18.3 Å². The van der Waals surface area contributed by atoms with Crippen LogP contribution in [0.2, 0.25) is 5.02 Å². The van der Waals surface area contributed by atoms with Gasteiger partial charge in [0, 0.05) is 16.1 Å². The van der Waals surface area contributed by atoms with E-state index in [2.05, 4.69) is 16.4 Å². The zero-order chi connectivity index (χ0) is 26.6. The number of rotatable bonds is 6. The van der Waals surface area contributed by atoms with Crippen molar-refractivity contribution in [2.24, 2.45) is 0 Å². The minimum Gasteiger partial charge on any atom is -0.325 e. The number of hydrogen-bond acceptors (Lipinski definition) is 4. The summed E-state index contributed by atoms with van der Waals surface area (Å²) in [4.78, 5) is 17.3. The van der Waals surface area contributed by atoms with Crippen molar-refractivity contribution < 1.29 is 18.0 Å². The number of anilines is 1. The van der Waals surface area contributed by atoms with Gasteiger partial charge in [-0.15, -0.1) is 0 Å². The van der Waals surface area contributed by atoms with Crippen LogP contribution in [0.4, 0.5) is 18.9 Å². The number of pyridine rings is 1. The van der Waals surface area contributed by atoms with Gasteiger partial charge in [-0.25, -0.2) is 4.98 Å². The average Bonchev–Trinajstić information content (AvgIpc) is 2.87. The molecule has 0 saturated carbocycles. The number of amides is 1. The highest BCUT2D eigenvalue weighted by Crippen LogP contribution is 2.36. The number of halogens is 4. The molecule has 4 aromatic rings. The van der Waals surface area contributed by atoms with Crippen LogP contribution in [0.3, 0.4) is 0 Å². The van der Waals surface area contributed by atoms with Crippen molar-refractivity contribution in [3.8, 4) is 28.5 Å². The molecule has 4 nitrogen and oxygen atoms in total. The molecule has 0 saturated heterocycles. The van der Waals surface area contributed by atoms with Gasteiger partial charge in [-0.1, -0.05) is 77.5 Å². The molecular formula is C28H19ClF3N3OS. The predicted molar refractivity (Wildman–Crippen MR) is 140 cm³/mol. The van der Waals surface area contributed by atoms with Crippen LogP contribution >= 0.6 is 23.4 Å². The van der Waals surface area contributed by atoms with E-state index < -0.39 is 17.6 Å². The van der Waals surface area contributed by atoms with E-state index in [4.69, 9.17) is 11.6 Å². The van der Waals surface area contributed by atoms with Crippen molar-refractivity contribution in [3.63, 3.8) is 0 Å². The van der Waals surface area contributed by atoms with Gasteiger partial charge in [0.2, 0.25) is 5.91 Å². The first kappa shape index (κ1) is 26.3. The van der Waals surface area contributed by atoms with E-state index >= 15 is 0 Å². The number of hydrogen-bond donors (Lipinski definition) is 1. The molecular weight excluding hydrogens is 519 g/mol. The van der Waals surface area contributed by atoms with Crippen molar-refractivity contribution in [2.75, 3.05) is 11.1 Å². The topological polar surface area (TPSA) is 65.8 Å². The molecule has 4 rings (SSSR count). The molecule has 1 heterocycles. The lowest BCUT2D eigenvalue weighted by atomic mass is 9.99. The second-order valence-corrected chi connectivity index (χ2v) is 9.50. The molecule has 0 unspecified atom stereocenters. The molecule has 1 aromatic heterocycles. The smallest absolute Gasteiger partial charge is 0.325 e. The van der Waals surface area contributed by atoms with E-state index in [9.17, 15) is 23.2 Å². The van der Waals surface area contributed by atoms with Crippen LogP contribution in [-0.4, -0.2) is 16.6 Å². The number of para-hydroxylation sites is 1. The molecule has 9 heteroatoms. The van der Waals surface area contributed by atoms with Gasteiger partial charge in [-0.2, -0.15) is 18.4 Å². The fourth-order valence-corrected chi connectivity index (χ4v) is 4.55. The van der Waals surface area contributed by atoms with Crippen molar-refractivity contribution in [3.05, 3.63) is 101 Å². The van der Waals surface area contributed by atoms with Gasteiger partial charge in [0.1, 0.15) is 11.1 Å².